The molecule has 0 radical (unpaired) electrons. The molecule has 118 valence electrons. The van der Waals surface area contributed by atoms with Crippen LogP contribution in [0, 0.1) is 26.6 Å². The number of nitrogens with zero attached hydrogens (tertiary/aromatic N) is 1. The minimum Gasteiger partial charge on any atom is -0.455 e. The van der Waals surface area contributed by atoms with E-state index in [-0.39, 0.29) is 5.02 Å². The van der Waals surface area contributed by atoms with Crippen molar-refractivity contribution in [2.45, 2.75) is 33.8 Å². The molecule has 0 aliphatic carbocycles. The second-order valence-electron chi connectivity index (χ2n) is 5.23. The first-order valence-corrected chi connectivity index (χ1v) is 7.36. The molecule has 1 unspecified atom stereocenters. The average Bonchev–Trinajstić information content (AvgIpc) is 2.48. The highest BCUT2D eigenvalue weighted by Crippen LogP contribution is 2.38. The second kappa shape index (κ2) is 6.63. The van der Waals surface area contributed by atoms with Crippen LogP contribution in [0.4, 0.5) is 4.39 Å². The van der Waals surface area contributed by atoms with Gasteiger partial charge in [-0.3, -0.25) is 4.98 Å². The molecule has 0 amide bonds. The van der Waals surface area contributed by atoms with Crippen LogP contribution in [0.2, 0.25) is 5.02 Å². The molecule has 0 aliphatic heterocycles. The maximum atomic E-state index is 13.7. The number of halogens is 2. The molecular weight excluding hydrogens is 305 g/mol. The number of benzene rings is 1. The number of methoxy groups -OCH3 is 1. The van der Waals surface area contributed by atoms with Gasteiger partial charge in [0.15, 0.2) is 0 Å². The van der Waals surface area contributed by atoms with E-state index in [0.29, 0.717) is 17.1 Å². The Kier molecular flexibility index (Phi) is 5.04. The molecule has 0 spiro atoms. The van der Waals surface area contributed by atoms with E-state index in [1.54, 1.807) is 20.1 Å². The summed E-state index contributed by atoms with van der Waals surface area (Å²) in [5, 5.41) is 0.0151. The molecule has 0 saturated heterocycles. The third kappa shape index (κ3) is 3.23. The molecule has 2 aromatic rings. The maximum Gasteiger partial charge on any atom is 0.148 e. The monoisotopic (exact) mass is 323 g/mol. The van der Waals surface area contributed by atoms with Crippen LogP contribution in [0.5, 0.6) is 11.5 Å². The second-order valence-corrected chi connectivity index (χ2v) is 5.61. The molecule has 0 N–H and O–H groups in total. The highest BCUT2D eigenvalue weighted by atomic mass is 35.5. The van der Waals surface area contributed by atoms with Gasteiger partial charge in [0.05, 0.1) is 16.8 Å². The fraction of sp³-hybridized carbons (Fsp3) is 0.353. The van der Waals surface area contributed by atoms with Gasteiger partial charge >= 0.3 is 0 Å². The Balaban J connectivity index is 2.50. The Hall–Kier alpha value is -1.65. The number of hydrogen-bond acceptors (Lipinski definition) is 3. The maximum absolute atomic E-state index is 13.7. The lowest BCUT2D eigenvalue weighted by Gasteiger charge is -2.18. The minimum absolute atomic E-state index is 0.0151. The molecule has 5 heteroatoms. The Bertz CT molecular complexity index is 704. The van der Waals surface area contributed by atoms with Gasteiger partial charge in [-0.1, -0.05) is 11.6 Å². The zero-order valence-corrected chi connectivity index (χ0v) is 14.1. The van der Waals surface area contributed by atoms with Crippen LogP contribution < -0.4 is 4.74 Å². The Morgan fingerprint density at radius 3 is 2.45 bits per heavy atom. The predicted octanol–water partition coefficient (Wildman–Crippen LogP) is 5.30. The van der Waals surface area contributed by atoms with E-state index in [2.05, 4.69) is 4.98 Å². The van der Waals surface area contributed by atoms with Crippen molar-refractivity contribution >= 4 is 11.6 Å². The van der Waals surface area contributed by atoms with Crippen LogP contribution >= 0.6 is 11.6 Å². The molecule has 0 aliphatic rings. The average molecular weight is 324 g/mol. The van der Waals surface area contributed by atoms with Crippen molar-refractivity contribution in [3.8, 4) is 11.5 Å². The van der Waals surface area contributed by atoms with Gasteiger partial charge in [0, 0.05) is 18.4 Å². The number of aryl methyl sites for hydroxylation is 3. The summed E-state index contributed by atoms with van der Waals surface area (Å²) in [6.45, 7) is 7.57. The lowest BCUT2D eigenvalue weighted by atomic mass is 10.1. The topological polar surface area (TPSA) is 31.4 Å². The highest BCUT2D eigenvalue weighted by molar-refractivity contribution is 6.31. The van der Waals surface area contributed by atoms with Crippen molar-refractivity contribution in [1.82, 2.24) is 4.98 Å². The predicted molar refractivity (Wildman–Crippen MR) is 85.4 cm³/mol. The van der Waals surface area contributed by atoms with Gasteiger partial charge < -0.3 is 9.47 Å². The third-order valence-corrected chi connectivity index (χ3v) is 4.07. The number of pyridine rings is 1. The number of hydrogen-bond donors (Lipinski definition) is 0. The van der Waals surface area contributed by atoms with Crippen molar-refractivity contribution in [2.24, 2.45) is 0 Å². The van der Waals surface area contributed by atoms with E-state index >= 15 is 0 Å². The van der Waals surface area contributed by atoms with Gasteiger partial charge in [0.25, 0.3) is 0 Å². The van der Waals surface area contributed by atoms with Crippen LogP contribution in [-0.4, -0.2) is 12.1 Å². The summed E-state index contributed by atoms with van der Waals surface area (Å²) in [5.41, 5.74) is 3.23. The Labute approximate surface area is 135 Å². The van der Waals surface area contributed by atoms with Crippen LogP contribution in [0.15, 0.2) is 18.2 Å². The molecule has 0 fully saturated rings. The lowest BCUT2D eigenvalue weighted by molar-refractivity contribution is 0.117. The van der Waals surface area contributed by atoms with Crippen LogP contribution in [-0.2, 0) is 4.74 Å². The molecule has 0 bridgehead atoms. The number of ether oxygens (including phenoxy) is 2. The summed E-state index contributed by atoms with van der Waals surface area (Å²) >= 11 is 6.08. The van der Waals surface area contributed by atoms with Crippen LogP contribution in [0.1, 0.15) is 35.5 Å². The standard InChI is InChI=1S/C17H19ClFNO2/c1-9-8-15(11(3)20-10(9)2)22-14-7-6-13(19)17(18)16(14)12(4)21-5/h6-8,12H,1-5H3. The van der Waals surface area contributed by atoms with Gasteiger partial charge in [-0.25, -0.2) is 4.39 Å². The molecule has 3 nitrogen and oxygen atoms in total. The quantitative estimate of drug-likeness (QED) is 0.765. The number of rotatable bonds is 4. The molecule has 1 aromatic heterocycles. The van der Waals surface area contributed by atoms with Gasteiger partial charge in [-0.2, -0.15) is 0 Å². The van der Waals surface area contributed by atoms with Gasteiger partial charge in [-0.15, -0.1) is 0 Å². The fourth-order valence-electron chi connectivity index (χ4n) is 2.16. The summed E-state index contributed by atoms with van der Waals surface area (Å²) < 4.78 is 25.0. The van der Waals surface area contributed by atoms with E-state index in [1.165, 1.54) is 6.07 Å². The fourth-order valence-corrected chi connectivity index (χ4v) is 2.47. The summed E-state index contributed by atoms with van der Waals surface area (Å²) in [7, 11) is 1.54. The Morgan fingerprint density at radius 1 is 1.14 bits per heavy atom. The van der Waals surface area contributed by atoms with Gasteiger partial charge in [-0.05, 0) is 51.5 Å². The molecule has 0 saturated carbocycles. The zero-order valence-electron chi connectivity index (χ0n) is 13.3. The summed E-state index contributed by atoms with van der Waals surface area (Å²) in [4.78, 5) is 4.44. The highest BCUT2D eigenvalue weighted by Gasteiger charge is 2.20. The molecule has 22 heavy (non-hydrogen) atoms. The van der Waals surface area contributed by atoms with Gasteiger partial charge in [0.2, 0.25) is 0 Å². The number of aromatic nitrogens is 1. The van der Waals surface area contributed by atoms with Crippen molar-refractivity contribution in [1.29, 1.82) is 0 Å². The SMILES string of the molecule is COC(C)c1c(Oc2cc(C)c(C)nc2C)ccc(F)c1Cl. The Morgan fingerprint density at radius 2 is 1.82 bits per heavy atom. The van der Waals surface area contributed by atoms with E-state index < -0.39 is 11.9 Å². The molecular formula is C17H19ClFNO2. The summed E-state index contributed by atoms with van der Waals surface area (Å²) in [6.07, 6.45) is -0.391. The minimum atomic E-state index is -0.497. The molecule has 1 heterocycles. The molecule has 1 atom stereocenters. The van der Waals surface area contributed by atoms with Crippen molar-refractivity contribution in [3.63, 3.8) is 0 Å². The van der Waals surface area contributed by atoms with Crippen molar-refractivity contribution in [2.75, 3.05) is 7.11 Å². The first-order valence-electron chi connectivity index (χ1n) is 6.98. The lowest BCUT2D eigenvalue weighted by Crippen LogP contribution is -2.03. The van der Waals surface area contributed by atoms with E-state index in [0.717, 1.165) is 17.0 Å². The van der Waals surface area contributed by atoms with Crippen LogP contribution in [0.3, 0.4) is 0 Å². The third-order valence-electron chi connectivity index (χ3n) is 3.68. The summed E-state index contributed by atoms with van der Waals surface area (Å²) in [5.74, 6) is 0.590. The van der Waals surface area contributed by atoms with E-state index in [9.17, 15) is 4.39 Å². The zero-order chi connectivity index (χ0) is 16.4. The molecule has 1 aromatic carbocycles. The largest absolute Gasteiger partial charge is 0.455 e. The smallest absolute Gasteiger partial charge is 0.148 e. The van der Waals surface area contributed by atoms with E-state index in [4.69, 9.17) is 21.1 Å². The van der Waals surface area contributed by atoms with Crippen molar-refractivity contribution < 1.29 is 13.9 Å². The normalized spacial score (nSPS) is 12.3. The van der Waals surface area contributed by atoms with E-state index in [1.807, 2.05) is 26.8 Å². The van der Waals surface area contributed by atoms with Crippen LogP contribution in [0.25, 0.3) is 0 Å². The summed E-state index contributed by atoms with van der Waals surface area (Å²) in [6, 6.07) is 4.75. The van der Waals surface area contributed by atoms with Crippen molar-refractivity contribution in [3.05, 3.63) is 51.6 Å². The van der Waals surface area contributed by atoms with Gasteiger partial charge in [0.1, 0.15) is 17.3 Å². The molecule has 2 rings (SSSR count). The first-order chi connectivity index (χ1) is 10.3. The first kappa shape index (κ1) is 16.7.